The first-order chi connectivity index (χ1) is 15.1. The number of carboxylic acids is 1. The van der Waals surface area contributed by atoms with Gasteiger partial charge < -0.3 is 14.4 Å². The molecule has 0 fully saturated rings. The smallest absolute Gasteiger partial charge is 0.341 e. The van der Waals surface area contributed by atoms with Gasteiger partial charge in [-0.1, -0.05) is 30.7 Å². The minimum absolute atomic E-state index is 0.166. The van der Waals surface area contributed by atoms with Crippen LogP contribution in [0.3, 0.4) is 0 Å². The molecule has 0 saturated carbocycles. The maximum absolute atomic E-state index is 12.5. The Morgan fingerprint density at radius 2 is 1.91 bits per heavy atom. The van der Waals surface area contributed by atoms with Crippen molar-refractivity contribution in [1.29, 1.82) is 0 Å². The summed E-state index contributed by atoms with van der Waals surface area (Å²) in [5.41, 5.74) is 2.12. The van der Waals surface area contributed by atoms with E-state index in [0.717, 1.165) is 21.8 Å². The molecule has 3 rings (SSSR count). The molecule has 0 amide bonds. The molecule has 0 atom stereocenters. The van der Waals surface area contributed by atoms with Crippen LogP contribution in [-0.4, -0.2) is 54.1 Å². The molecule has 170 valence electrons. The number of rotatable bonds is 9. The molecule has 1 N–H and O–H groups in total. The van der Waals surface area contributed by atoms with Gasteiger partial charge in [-0.05, 0) is 48.4 Å². The molecule has 32 heavy (non-hydrogen) atoms. The summed E-state index contributed by atoms with van der Waals surface area (Å²) >= 11 is 6.62. The summed E-state index contributed by atoms with van der Waals surface area (Å²) in [5, 5.41) is 9.09. The van der Waals surface area contributed by atoms with Gasteiger partial charge in [-0.25, -0.2) is 22.5 Å². The normalized spacial score (nSPS) is 12.5. The largest absolute Gasteiger partial charge is 0.482 e. The molecule has 0 aliphatic carbocycles. The van der Waals surface area contributed by atoms with Crippen molar-refractivity contribution in [3.8, 4) is 5.75 Å². The highest BCUT2D eigenvalue weighted by atomic mass is 35.5. The van der Waals surface area contributed by atoms with Crippen molar-refractivity contribution in [1.82, 2.24) is 13.9 Å². The Bertz CT molecular complexity index is 1260. The average molecular weight is 478 g/mol. The molecular formula is C22H24ClN3O5S. The minimum atomic E-state index is -3.58. The fourth-order valence-electron chi connectivity index (χ4n) is 3.13. The average Bonchev–Trinajstić information content (AvgIpc) is 3.11. The Morgan fingerprint density at radius 3 is 2.50 bits per heavy atom. The molecule has 0 radical (unpaired) electrons. The van der Waals surface area contributed by atoms with E-state index >= 15 is 0 Å². The summed E-state index contributed by atoms with van der Waals surface area (Å²) in [6.07, 6.45) is 2.59. The zero-order valence-corrected chi connectivity index (χ0v) is 19.5. The molecular weight excluding hydrogens is 454 g/mol. The second-order valence-corrected chi connectivity index (χ2v) is 9.83. The fourth-order valence-corrected chi connectivity index (χ4v) is 4.32. The summed E-state index contributed by atoms with van der Waals surface area (Å²) in [4.78, 5) is 15.4. The van der Waals surface area contributed by atoms with Gasteiger partial charge in [-0.15, -0.1) is 0 Å². The first-order valence-corrected chi connectivity index (χ1v) is 11.7. The Balaban J connectivity index is 1.99. The van der Waals surface area contributed by atoms with Crippen LogP contribution in [0, 0.1) is 0 Å². The molecule has 0 saturated heterocycles. The van der Waals surface area contributed by atoms with E-state index in [1.807, 2.05) is 11.5 Å². The number of hydrogen-bond acceptors (Lipinski definition) is 5. The van der Waals surface area contributed by atoms with Crippen molar-refractivity contribution in [3.05, 3.63) is 53.9 Å². The third-order valence-electron chi connectivity index (χ3n) is 4.69. The molecule has 10 heteroatoms. The van der Waals surface area contributed by atoms with Crippen LogP contribution >= 0.6 is 11.6 Å². The predicted octanol–water partition coefficient (Wildman–Crippen LogP) is 3.90. The molecule has 2 aromatic carbocycles. The number of benzene rings is 2. The van der Waals surface area contributed by atoms with E-state index in [0.29, 0.717) is 28.7 Å². The van der Waals surface area contributed by atoms with E-state index in [-0.39, 0.29) is 4.90 Å². The maximum atomic E-state index is 12.5. The van der Waals surface area contributed by atoms with Gasteiger partial charge >= 0.3 is 5.97 Å². The third-order valence-corrected chi connectivity index (χ3v) is 6.78. The number of fused-ring (bicyclic) bond motifs is 1. The lowest BCUT2D eigenvalue weighted by Gasteiger charge is -2.11. The molecule has 0 aliphatic heterocycles. The standard InChI is InChI=1S/C22H24ClN3O5S/c1-4-11-26-20-10-9-17(32(29,30)25(2)3)13-19(20)24-22(26)18(23)12-15-5-7-16(8-6-15)31-14-21(27)28/h5-10,12-13H,4,11,14H2,1-3H3,(H,27,28)/b18-12-. The summed E-state index contributed by atoms with van der Waals surface area (Å²) in [6.45, 7) is 2.29. The number of nitrogens with zero attached hydrogens (tertiary/aromatic N) is 3. The van der Waals surface area contributed by atoms with Crippen LogP contribution < -0.4 is 4.74 Å². The molecule has 3 aromatic rings. The van der Waals surface area contributed by atoms with Crippen molar-refractivity contribution >= 4 is 49.7 Å². The zero-order chi connectivity index (χ0) is 23.5. The number of aryl methyl sites for hydroxylation is 1. The predicted molar refractivity (Wildman–Crippen MR) is 124 cm³/mol. The zero-order valence-electron chi connectivity index (χ0n) is 17.9. The van der Waals surface area contributed by atoms with E-state index in [2.05, 4.69) is 4.98 Å². The number of aliphatic carboxylic acids is 1. The quantitative estimate of drug-likeness (QED) is 0.501. The summed E-state index contributed by atoms with van der Waals surface area (Å²) < 4.78 is 33.2. The second kappa shape index (κ2) is 9.72. The Morgan fingerprint density at radius 1 is 1.22 bits per heavy atom. The van der Waals surface area contributed by atoms with Gasteiger partial charge in [0, 0.05) is 20.6 Å². The van der Waals surface area contributed by atoms with E-state index in [9.17, 15) is 13.2 Å². The highest BCUT2D eigenvalue weighted by Crippen LogP contribution is 2.29. The number of halogens is 1. The van der Waals surface area contributed by atoms with Crippen molar-refractivity contribution < 1.29 is 23.1 Å². The minimum Gasteiger partial charge on any atom is -0.482 e. The van der Waals surface area contributed by atoms with Crippen LogP contribution in [0.1, 0.15) is 24.7 Å². The highest BCUT2D eigenvalue weighted by molar-refractivity contribution is 7.89. The van der Waals surface area contributed by atoms with E-state index < -0.39 is 22.6 Å². The van der Waals surface area contributed by atoms with Crippen LogP contribution in [0.4, 0.5) is 0 Å². The van der Waals surface area contributed by atoms with Crippen LogP contribution in [0.25, 0.3) is 22.1 Å². The summed E-state index contributed by atoms with van der Waals surface area (Å²) in [7, 11) is -0.611. The highest BCUT2D eigenvalue weighted by Gasteiger charge is 2.20. The second-order valence-electron chi connectivity index (χ2n) is 7.27. The number of carboxylic acid groups (broad SMARTS) is 1. The van der Waals surface area contributed by atoms with Crippen LogP contribution in [-0.2, 0) is 21.4 Å². The fraction of sp³-hybridized carbons (Fsp3) is 0.273. The van der Waals surface area contributed by atoms with Crippen molar-refractivity contribution in [2.45, 2.75) is 24.8 Å². The molecule has 0 aliphatic rings. The lowest BCUT2D eigenvalue weighted by atomic mass is 10.2. The molecule has 0 spiro atoms. The van der Waals surface area contributed by atoms with E-state index in [1.165, 1.54) is 14.1 Å². The Kier molecular flexibility index (Phi) is 7.22. The Hall–Kier alpha value is -2.88. The van der Waals surface area contributed by atoms with Crippen molar-refractivity contribution in [2.75, 3.05) is 20.7 Å². The van der Waals surface area contributed by atoms with Crippen molar-refractivity contribution in [2.24, 2.45) is 0 Å². The van der Waals surface area contributed by atoms with Crippen LogP contribution in [0.5, 0.6) is 5.75 Å². The number of hydrogen-bond donors (Lipinski definition) is 1. The van der Waals surface area contributed by atoms with Crippen LogP contribution in [0.15, 0.2) is 47.4 Å². The van der Waals surface area contributed by atoms with Gasteiger partial charge in [0.1, 0.15) is 5.75 Å². The molecule has 8 nitrogen and oxygen atoms in total. The maximum Gasteiger partial charge on any atom is 0.341 e. The summed E-state index contributed by atoms with van der Waals surface area (Å²) in [6, 6.07) is 11.7. The van der Waals surface area contributed by atoms with Crippen molar-refractivity contribution in [3.63, 3.8) is 0 Å². The van der Waals surface area contributed by atoms with E-state index in [1.54, 1.807) is 48.5 Å². The lowest BCUT2D eigenvalue weighted by molar-refractivity contribution is -0.139. The summed E-state index contributed by atoms with van der Waals surface area (Å²) in [5.74, 6) is -0.0731. The van der Waals surface area contributed by atoms with Gasteiger partial charge in [-0.3, -0.25) is 0 Å². The number of carbonyl (C=O) groups is 1. The Labute approximate surface area is 191 Å². The van der Waals surface area contributed by atoms with Gasteiger partial charge in [0.15, 0.2) is 12.4 Å². The van der Waals surface area contributed by atoms with E-state index in [4.69, 9.17) is 21.4 Å². The van der Waals surface area contributed by atoms with Crippen LogP contribution in [0.2, 0.25) is 0 Å². The lowest BCUT2D eigenvalue weighted by Crippen LogP contribution is -2.22. The van der Waals surface area contributed by atoms with Gasteiger partial charge in [0.25, 0.3) is 0 Å². The van der Waals surface area contributed by atoms with Gasteiger partial charge in [0.2, 0.25) is 10.0 Å². The number of imidazole rings is 1. The molecule has 0 unspecified atom stereocenters. The molecule has 0 bridgehead atoms. The first kappa shape index (κ1) is 23.8. The number of aromatic nitrogens is 2. The third kappa shape index (κ3) is 5.12. The number of sulfonamides is 1. The molecule has 1 heterocycles. The number of ether oxygens (including phenoxy) is 1. The first-order valence-electron chi connectivity index (χ1n) is 9.88. The SMILES string of the molecule is CCCn1c(/C(Cl)=C/c2ccc(OCC(=O)O)cc2)nc2cc(S(=O)(=O)N(C)C)ccc21. The van der Waals surface area contributed by atoms with Gasteiger partial charge in [-0.2, -0.15) is 0 Å². The topological polar surface area (TPSA) is 102 Å². The monoisotopic (exact) mass is 477 g/mol. The van der Waals surface area contributed by atoms with Gasteiger partial charge in [0.05, 0.1) is 21.0 Å². The molecule has 1 aromatic heterocycles.